The van der Waals surface area contributed by atoms with Crippen molar-refractivity contribution in [2.75, 3.05) is 0 Å². The maximum Gasteiger partial charge on any atom is 0.0154 e. The summed E-state index contributed by atoms with van der Waals surface area (Å²) in [4.78, 5) is 0. The molecule has 0 radical (unpaired) electrons. The first kappa shape index (κ1) is 16.0. The molecule has 1 saturated carbocycles. The fraction of sp³-hybridized carbons (Fsp3) is 1.00. The molecular formula is C17H35N. The topological polar surface area (TPSA) is 26.0 Å². The van der Waals surface area contributed by atoms with Gasteiger partial charge < -0.3 is 5.73 Å². The molecule has 0 aromatic rings. The van der Waals surface area contributed by atoms with Crippen LogP contribution in [-0.2, 0) is 0 Å². The zero-order chi connectivity index (χ0) is 13.3. The van der Waals surface area contributed by atoms with Crippen LogP contribution >= 0.6 is 0 Å². The molecule has 0 amide bonds. The molecule has 1 aliphatic rings. The molecule has 0 aromatic carbocycles. The first-order valence-corrected chi connectivity index (χ1v) is 8.45. The third kappa shape index (κ3) is 6.78. The van der Waals surface area contributed by atoms with Crippen LogP contribution < -0.4 is 5.73 Å². The Balaban J connectivity index is 1.94. The quantitative estimate of drug-likeness (QED) is 0.545. The van der Waals surface area contributed by atoms with Gasteiger partial charge >= 0.3 is 0 Å². The Hall–Kier alpha value is -0.0400. The summed E-state index contributed by atoms with van der Waals surface area (Å²) < 4.78 is 0. The molecule has 0 aromatic heterocycles. The summed E-state index contributed by atoms with van der Waals surface area (Å²) in [6.07, 6.45) is 17.8. The second-order valence-electron chi connectivity index (χ2n) is 6.77. The lowest BCUT2D eigenvalue weighted by molar-refractivity contribution is 0.226. The largest absolute Gasteiger partial charge is 0.325 e. The van der Waals surface area contributed by atoms with Crippen molar-refractivity contribution in [1.29, 1.82) is 0 Å². The van der Waals surface area contributed by atoms with Crippen LogP contribution in [0.1, 0.15) is 97.3 Å². The smallest absolute Gasteiger partial charge is 0.0154 e. The maximum atomic E-state index is 6.50. The zero-order valence-electron chi connectivity index (χ0n) is 12.8. The van der Waals surface area contributed by atoms with Gasteiger partial charge in [0.05, 0.1) is 0 Å². The molecular weight excluding hydrogens is 218 g/mol. The standard InChI is InChI=1S/C17H35N/c1-3-4-5-6-7-8-9-10-13-17(18)14-11-16(2)12-15-17/h16H,3-15,18H2,1-2H3. The minimum atomic E-state index is 0.203. The summed E-state index contributed by atoms with van der Waals surface area (Å²) in [6, 6.07) is 0. The number of hydrogen-bond acceptors (Lipinski definition) is 1. The van der Waals surface area contributed by atoms with E-state index in [1.165, 1.54) is 83.5 Å². The van der Waals surface area contributed by atoms with Gasteiger partial charge in [0.2, 0.25) is 0 Å². The van der Waals surface area contributed by atoms with Crippen LogP contribution in [0.4, 0.5) is 0 Å². The van der Waals surface area contributed by atoms with E-state index in [0.29, 0.717) is 0 Å². The maximum absolute atomic E-state index is 6.50. The highest BCUT2D eigenvalue weighted by Crippen LogP contribution is 2.33. The first-order chi connectivity index (χ1) is 8.66. The van der Waals surface area contributed by atoms with Gasteiger partial charge in [-0.05, 0) is 38.0 Å². The number of nitrogens with two attached hydrogens (primary N) is 1. The Bertz CT molecular complexity index is 192. The molecule has 0 saturated heterocycles. The Kier molecular flexibility index (Phi) is 7.97. The van der Waals surface area contributed by atoms with Crippen LogP contribution in [0.25, 0.3) is 0 Å². The van der Waals surface area contributed by atoms with Gasteiger partial charge in [-0.2, -0.15) is 0 Å². The number of unbranched alkanes of at least 4 members (excludes halogenated alkanes) is 7. The van der Waals surface area contributed by atoms with Crippen molar-refractivity contribution in [2.24, 2.45) is 11.7 Å². The number of rotatable bonds is 9. The summed E-state index contributed by atoms with van der Waals surface area (Å²) >= 11 is 0. The molecule has 108 valence electrons. The normalized spacial score (nSPS) is 28.5. The molecule has 0 bridgehead atoms. The summed E-state index contributed by atoms with van der Waals surface area (Å²) in [5.74, 6) is 0.917. The van der Waals surface area contributed by atoms with Crippen LogP contribution in [0.5, 0.6) is 0 Å². The van der Waals surface area contributed by atoms with E-state index in [1.807, 2.05) is 0 Å². The summed E-state index contributed by atoms with van der Waals surface area (Å²) in [7, 11) is 0. The minimum absolute atomic E-state index is 0.203. The molecule has 1 aliphatic carbocycles. The highest BCUT2D eigenvalue weighted by molar-refractivity contribution is 4.88. The lowest BCUT2D eigenvalue weighted by atomic mass is 9.75. The van der Waals surface area contributed by atoms with Gasteiger partial charge in [-0.3, -0.25) is 0 Å². The Morgan fingerprint density at radius 1 is 0.889 bits per heavy atom. The van der Waals surface area contributed by atoms with Crippen molar-refractivity contribution < 1.29 is 0 Å². The second kappa shape index (κ2) is 8.96. The third-order valence-electron chi connectivity index (χ3n) is 4.80. The molecule has 0 atom stereocenters. The molecule has 0 heterocycles. The Morgan fingerprint density at radius 2 is 1.39 bits per heavy atom. The van der Waals surface area contributed by atoms with E-state index in [9.17, 15) is 0 Å². The van der Waals surface area contributed by atoms with E-state index in [2.05, 4.69) is 13.8 Å². The predicted molar refractivity (Wildman–Crippen MR) is 81.8 cm³/mol. The summed E-state index contributed by atoms with van der Waals surface area (Å²) in [5, 5.41) is 0. The molecule has 18 heavy (non-hydrogen) atoms. The van der Waals surface area contributed by atoms with Gasteiger partial charge in [0, 0.05) is 5.54 Å². The Labute approximate surface area is 115 Å². The van der Waals surface area contributed by atoms with Gasteiger partial charge in [-0.15, -0.1) is 0 Å². The summed E-state index contributed by atoms with van der Waals surface area (Å²) in [5.41, 5.74) is 6.70. The molecule has 1 heteroatoms. The molecule has 1 nitrogen and oxygen atoms in total. The lowest BCUT2D eigenvalue weighted by Gasteiger charge is -2.36. The molecule has 0 unspecified atom stereocenters. The van der Waals surface area contributed by atoms with Gasteiger partial charge in [0.15, 0.2) is 0 Å². The van der Waals surface area contributed by atoms with Gasteiger partial charge in [0.1, 0.15) is 0 Å². The molecule has 2 N–H and O–H groups in total. The predicted octanol–water partition coefficient (Wildman–Crippen LogP) is 5.42. The van der Waals surface area contributed by atoms with E-state index in [0.717, 1.165) is 5.92 Å². The average Bonchev–Trinajstić information content (AvgIpc) is 2.37. The van der Waals surface area contributed by atoms with Crippen molar-refractivity contribution >= 4 is 0 Å². The number of hydrogen-bond donors (Lipinski definition) is 1. The third-order valence-corrected chi connectivity index (χ3v) is 4.80. The monoisotopic (exact) mass is 253 g/mol. The van der Waals surface area contributed by atoms with Crippen LogP contribution in [0.3, 0.4) is 0 Å². The van der Waals surface area contributed by atoms with E-state index in [4.69, 9.17) is 5.73 Å². The molecule has 0 aliphatic heterocycles. The van der Waals surface area contributed by atoms with Crippen molar-refractivity contribution in [3.8, 4) is 0 Å². The average molecular weight is 253 g/mol. The fourth-order valence-electron chi connectivity index (χ4n) is 3.20. The SMILES string of the molecule is CCCCCCCCCCC1(N)CCC(C)CC1. The first-order valence-electron chi connectivity index (χ1n) is 8.45. The van der Waals surface area contributed by atoms with E-state index in [-0.39, 0.29) is 5.54 Å². The van der Waals surface area contributed by atoms with Crippen molar-refractivity contribution in [3.05, 3.63) is 0 Å². The zero-order valence-corrected chi connectivity index (χ0v) is 12.8. The molecule has 0 spiro atoms. The summed E-state index contributed by atoms with van der Waals surface area (Å²) in [6.45, 7) is 4.65. The van der Waals surface area contributed by atoms with Crippen molar-refractivity contribution in [3.63, 3.8) is 0 Å². The van der Waals surface area contributed by atoms with Crippen LogP contribution in [0, 0.1) is 5.92 Å². The van der Waals surface area contributed by atoms with E-state index in [1.54, 1.807) is 0 Å². The van der Waals surface area contributed by atoms with Crippen LogP contribution in [0.15, 0.2) is 0 Å². The van der Waals surface area contributed by atoms with Crippen molar-refractivity contribution in [1.82, 2.24) is 0 Å². The molecule has 1 rings (SSSR count). The van der Waals surface area contributed by atoms with Gasteiger partial charge in [0.25, 0.3) is 0 Å². The second-order valence-corrected chi connectivity index (χ2v) is 6.77. The lowest BCUT2D eigenvalue weighted by Crippen LogP contribution is -2.42. The Morgan fingerprint density at radius 3 is 1.94 bits per heavy atom. The molecule has 1 fully saturated rings. The minimum Gasteiger partial charge on any atom is -0.325 e. The van der Waals surface area contributed by atoms with E-state index >= 15 is 0 Å². The fourth-order valence-corrected chi connectivity index (χ4v) is 3.20. The van der Waals surface area contributed by atoms with E-state index < -0.39 is 0 Å². The van der Waals surface area contributed by atoms with Gasteiger partial charge in [-0.1, -0.05) is 65.2 Å². The van der Waals surface area contributed by atoms with Gasteiger partial charge in [-0.25, -0.2) is 0 Å². The van der Waals surface area contributed by atoms with Crippen LogP contribution in [-0.4, -0.2) is 5.54 Å². The highest BCUT2D eigenvalue weighted by Gasteiger charge is 2.29. The van der Waals surface area contributed by atoms with Crippen molar-refractivity contribution in [2.45, 2.75) is 103 Å². The highest BCUT2D eigenvalue weighted by atomic mass is 14.7. The van der Waals surface area contributed by atoms with Crippen LogP contribution in [0.2, 0.25) is 0 Å².